The van der Waals surface area contributed by atoms with Gasteiger partial charge in [-0.25, -0.2) is 0 Å². The van der Waals surface area contributed by atoms with E-state index in [-0.39, 0.29) is 11.2 Å². The first kappa shape index (κ1) is 16.1. The summed E-state index contributed by atoms with van der Waals surface area (Å²) in [4.78, 5) is 12.2. The van der Waals surface area contributed by atoms with Crippen molar-refractivity contribution in [3.63, 3.8) is 0 Å². The third kappa shape index (κ3) is 4.13. The largest absolute Gasteiger partial charge is 0.355 e. The summed E-state index contributed by atoms with van der Waals surface area (Å²) >= 11 is 1.44. The van der Waals surface area contributed by atoms with Gasteiger partial charge in [0.15, 0.2) is 10.8 Å². The molecule has 2 aromatic rings. The predicted octanol–water partition coefficient (Wildman–Crippen LogP) is 3.22. The summed E-state index contributed by atoms with van der Waals surface area (Å²) in [6.45, 7) is 2.63. The lowest BCUT2D eigenvalue weighted by Gasteiger charge is -2.14. The fourth-order valence-corrected chi connectivity index (χ4v) is 3.60. The summed E-state index contributed by atoms with van der Waals surface area (Å²) < 4.78 is 1.90. The lowest BCUT2D eigenvalue weighted by atomic mass is 9.97. The van der Waals surface area contributed by atoms with Gasteiger partial charge in [-0.1, -0.05) is 29.5 Å². The Labute approximate surface area is 140 Å². The number of carbonyl (C=O) groups is 1. The van der Waals surface area contributed by atoms with Crippen molar-refractivity contribution >= 4 is 23.3 Å². The molecule has 1 amide bonds. The maximum Gasteiger partial charge on any atom is 0.233 e. The van der Waals surface area contributed by atoms with Gasteiger partial charge in [-0.3, -0.25) is 9.20 Å². The molecular weight excluding hydrogens is 308 g/mol. The number of aromatic nitrogens is 3. The third-order valence-electron chi connectivity index (χ3n) is 4.06. The van der Waals surface area contributed by atoms with Crippen molar-refractivity contribution in [3.05, 3.63) is 36.0 Å². The second kappa shape index (κ2) is 7.64. The highest BCUT2D eigenvalue weighted by Gasteiger charge is 2.17. The van der Waals surface area contributed by atoms with Crippen LogP contribution in [0.4, 0.5) is 0 Å². The van der Waals surface area contributed by atoms with Gasteiger partial charge in [0.2, 0.25) is 5.91 Å². The minimum atomic E-state index is -0.192. The Bertz CT molecular complexity index is 709. The van der Waals surface area contributed by atoms with Gasteiger partial charge in [0.25, 0.3) is 0 Å². The monoisotopic (exact) mass is 330 g/mol. The van der Waals surface area contributed by atoms with Gasteiger partial charge in [-0.15, -0.1) is 10.2 Å². The molecule has 122 valence electrons. The van der Waals surface area contributed by atoms with Crippen LogP contribution in [0.15, 0.2) is 41.2 Å². The molecule has 0 radical (unpaired) electrons. The highest BCUT2D eigenvalue weighted by Crippen LogP contribution is 2.22. The van der Waals surface area contributed by atoms with Crippen molar-refractivity contribution in [1.82, 2.24) is 19.9 Å². The number of nitrogens with one attached hydrogen (secondary N) is 1. The first-order valence-corrected chi connectivity index (χ1v) is 9.04. The van der Waals surface area contributed by atoms with Crippen LogP contribution >= 0.6 is 11.8 Å². The number of hydrogen-bond donors (Lipinski definition) is 1. The van der Waals surface area contributed by atoms with Crippen molar-refractivity contribution in [2.75, 3.05) is 6.54 Å². The van der Waals surface area contributed by atoms with Gasteiger partial charge in [0.1, 0.15) is 0 Å². The van der Waals surface area contributed by atoms with Crippen LogP contribution in [-0.2, 0) is 4.79 Å². The van der Waals surface area contributed by atoms with Gasteiger partial charge >= 0.3 is 0 Å². The van der Waals surface area contributed by atoms with Crippen LogP contribution in [0.3, 0.4) is 0 Å². The van der Waals surface area contributed by atoms with Crippen molar-refractivity contribution in [3.8, 4) is 0 Å². The first-order valence-electron chi connectivity index (χ1n) is 8.16. The number of carbonyl (C=O) groups excluding carboxylic acids is 1. The van der Waals surface area contributed by atoms with Gasteiger partial charge < -0.3 is 5.32 Å². The Morgan fingerprint density at radius 1 is 1.39 bits per heavy atom. The maximum atomic E-state index is 12.2. The fourth-order valence-electron chi connectivity index (χ4n) is 2.73. The average Bonchev–Trinajstić information content (AvgIpc) is 2.99. The molecule has 0 saturated carbocycles. The van der Waals surface area contributed by atoms with Crippen molar-refractivity contribution in [2.24, 2.45) is 0 Å². The number of amides is 1. The number of allylic oxidation sites excluding steroid dienone is 1. The van der Waals surface area contributed by atoms with Crippen molar-refractivity contribution in [2.45, 2.75) is 49.4 Å². The molecule has 2 aromatic heterocycles. The van der Waals surface area contributed by atoms with Crippen LogP contribution in [0, 0.1) is 0 Å². The van der Waals surface area contributed by atoms with Crippen LogP contribution in [-0.4, -0.2) is 32.3 Å². The van der Waals surface area contributed by atoms with Crippen LogP contribution in [0.2, 0.25) is 0 Å². The zero-order valence-electron chi connectivity index (χ0n) is 13.4. The minimum Gasteiger partial charge on any atom is -0.355 e. The van der Waals surface area contributed by atoms with Gasteiger partial charge in [0, 0.05) is 12.7 Å². The molecule has 0 aromatic carbocycles. The summed E-state index contributed by atoms with van der Waals surface area (Å²) in [5.41, 5.74) is 2.28. The molecule has 0 aliphatic heterocycles. The Morgan fingerprint density at radius 3 is 3.13 bits per heavy atom. The molecule has 0 bridgehead atoms. The van der Waals surface area contributed by atoms with Gasteiger partial charge in [0.05, 0.1) is 5.25 Å². The standard InChI is InChI=1S/C17H22N4OS/c1-13(16(22)18-11-10-14-7-3-2-4-8-14)23-17-20-19-15-9-5-6-12-21(15)17/h5-7,9,12-13H,2-4,8,10-11H2,1H3,(H,18,22)/t13-/m0/s1. The molecule has 5 nitrogen and oxygen atoms in total. The Kier molecular flexibility index (Phi) is 5.33. The number of nitrogens with zero attached hydrogens (tertiary/aromatic N) is 3. The number of hydrogen-bond acceptors (Lipinski definition) is 4. The van der Waals surface area contributed by atoms with Gasteiger partial charge in [-0.2, -0.15) is 0 Å². The van der Waals surface area contributed by atoms with E-state index in [2.05, 4.69) is 21.6 Å². The average molecular weight is 330 g/mol. The van der Waals surface area contributed by atoms with Crippen LogP contribution in [0.25, 0.3) is 5.65 Å². The SMILES string of the molecule is C[C@H](Sc1nnc2ccccn12)C(=O)NCCC1=CCCCC1. The number of pyridine rings is 1. The molecule has 1 N–H and O–H groups in total. The molecule has 0 saturated heterocycles. The Morgan fingerprint density at radius 2 is 2.30 bits per heavy atom. The highest BCUT2D eigenvalue weighted by molar-refractivity contribution is 8.00. The van der Waals surface area contributed by atoms with E-state index >= 15 is 0 Å². The topological polar surface area (TPSA) is 59.3 Å². The molecule has 1 aliphatic carbocycles. The number of fused-ring (bicyclic) bond motifs is 1. The molecule has 0 fully saturated rings. The summed E-state index contributed by atoms with van der Waals surface area (Å²) in [5, 5.41) is 11.9. The van der Waals surface area contributed by atoms with Crippen LogP contribution < -0.4 is 5.32 Å². The van der Waals surface area contributed by atoms with E-state index in [0.717, 1.165) is 23.8 Å². The quantitative estimate of drug-likeness (QED) is 0.652. The van der Waals surface area contributed by atoms with Crippen molar-refractivity contribution in [1.29, 1.82) is 0 Å². The summed E-state index contributed by atoms with van der Waals surface area (Å²) in [6, 6.07) is 5.76. The summed E-state index contributed by atoms with van der Waals surface area (Å²) in [6.07, 6.45) is 10.2. The van der Waals surface area contributed by atoms with Gasteiger partial charge in [-0.05, 0) is 51.2 Å². The fraction of sp³-hybridized carbons (Fsp3) is 0.471. The third-order valence-corrected chi connectivity index (χ3v) is 5.12. The van der Waals surface area contributed by atoms with E-state index < -0.39 is 0 Å². The zero-order chi connectivity index (χ0) is 16.1. The summed E-state index contributed by atoms with van der Waals surface area (Å²) in [5.74, 6) is 0.0547. The molecule has 1 aliphatic rings. The molecule has 0 unspecified atom stereocenters. The second-order valence-corrected chi connectivity index (χ2v) is 7.13. The Balaban J connectivity index is 1.50. The molecule has 1 atom stereocenters. The molecule has 2 heterocycles. The normalized spacial score (nSPS) is 16.1. The molecule has 0 spiro atoms. The number of rotatable bonds is 6. The summed E-state index contributed by atoms with van der Waals surface area (Å²) in [7, 11) is 0. The van der Waals surface area contributed by atoms with E-state index in [1.807, 2.05) is 35.7 Å². The van der Waals surface area contributed by atoms with Crippen molar-refractivity contribution < 1.29 is 4.79 Å². The predicted molar refractivity (Wildman–Crippen MR) is 92.5 cm³/mol. The zero-order valence-corrected chi connectivity index (χ0v) is 14.2. The first-order chi connectivity index (χ1) is 11.2. The number of thioether (sulfide) groups is 1. The Hall–Kier alpha value is -1.82. The van der Waals surface area contributed by atoms with E-state index in [0.29, 0.717) is 0 Å². The van der Waals surface area contributed by atoms with E-state index in [1.54, 1.807) is 0 Å². The molecule has 3 rings (SSSR count). The highest BCUT2D eigenvalue weighted by atomic mass is 32.2. The maximum absolute atomic E-state index is 12.2. The smallest absolute Gasteiger partial charge is 0.233 e. The lowest BCUT2D eigenvalue weighted by Crippen LogP contribution is -2.32. The van der Waals surface area contributed by atoms with E-state index in [1.165, 1.54) is 43.0 Å². The molecule has 6 heteroatoms. The van der Waals surface area contributed by atoms with E-state index in [4.69, 9.17) is 0 Å². The lowest BCUT2D eigenvalue weighted by molar-refractivity contribution is -0.120. The minimum absolute atomic E-state index is 0.0547. The second-order valence-electron chi connectivity index (χ2n) is 5.82. The van der Waals surface area contributed by atoms with Crippen LogP contribution in [0.5, 0.6) is 0 Å². The van der Waals surface area contributed by atoms with Crippen LogP contribution in [0.1, 0.15) is 39.0 Å². The van der Waals surface area contributed by atoms with E-state index in [9.17, 15) is 4.79 Å². The molecular formula is C17H22N4OS. The molecule has 23 heavy (non-hydrogen) atoms.